The Morgan fingerprint density at radius 3 is 2.50 bits per heavy atom. The van der Waals surface area contributed by atoms with Crippen molar-refractivity contribution in [3.05, 3.63) is 29.8 Å². The Kier molecular flexibility index (Phi) is 3.82. The topological polar surface area (TPSA) is 41.5 Å². The van der Waals surface area contributed by atoms with Gasteiger partial charge in [-0.15, -0.1) is 0 Å². The Hall–Kier alpha value is -1.20. The van der Waals surface area contributed by atoms with Crippen molar-refractivity contribution in [3.8, 4) is 5.75 Å². The molecule has 1 saturated carbocycles. The fourth-order valence-corrected chi connectivity index (χ4v) is 1.71. The first-order valence-electron chi connectivity index (χ1n) is 5.99. The molecule has 1 unspecified atom stereocenters. The van der Waals surface area contributed by atoms with Crippen LogP contribution in [0.2, 0.25) is 0 Å². The molecule has 3 nitrogen and oxygen atoms in total. The highest BCUT2D eigenvalue weighted by molar-refractivity contribution is 5.26. The van der Waals surface area contributed by atoms with E-state index < -0.39 is 22.9 Å². The lowest BCUT2D eigenvalue weighted by Crippen LogP contribution is -2.51. The van der Waals surface area contributed by atoms with Crippen LogP contribution >= 0.6 is 0 Å². The molecule has 1 aromatic carbocycles. The summed E-state index contributed by atoms with van der Waals surface area (Å²) >= 11 is 0. The molecule has 1 fully saturated rings. The van der Waals surface area contributed by atoms with Crippen LogP contribution in [0.3, 0.4) is 0 Å². The van der Waals surface area contributed by atoms with E-state index >= 15 is 0 Å². The fourth-order valence-electron chi connectivity index (χ4n) is 1.71. The van der Waals surface area contributed by atoms with Gasteiger partial charge in [-0.1, -0.05) is 6.07 Å². The lowest BCUT2D eigenvalue weighted by atomic mass is 10.1. The molecule has 100 valence electrons. The van der Waals surface area contributed by atoms with Gasteiger partial charge >= 0.3 is 0 Å². The first-order valence-corrected chi connectivity index (χ1v) is 5.99. The summed E-state index contributed by atoms with van der Waals surface area (Å²) in [6.45, 7) is 1.63. The van der Waals surface area contributed by atoms with Crippen molar-refractivity contribution in [1.82, 2.24) is 5.32 Å². The summed E-state index contributed by atoms with van der Waals surface area (Å²) in [6, 6.07) is 3.94. The standard InChI is InChI=1S/C13H17F2NO2/c1-13(7-17,16-9-5-6-9)8-18-12-10(14)3-2-4-11(12)15/h2-4,9,16-17H,5-8H2,1H3. The van der Waals surface area contributed by atoms with Crippen molar-refractivity contribution in [3.63, 3.8) is 0 Å². The second-order valence-corrected chi connectivity index (χ2v) is 4.98. The van der Waals surface area contributed by atoms with Crippen LogP contribution in [0.5, 0.6) is 5.75 Å². The van der Waals surface area contributed by atoms with Gasteiger partial charge in [-0.3, -0.25) is 0 Å². The van der Waals surface area contributed by atoms with Crippen molar-refractivity contribution in [2.75, 3.05) is 13.2 Å². The quantitative estimate of drug-likeness (QED) is 0.817. The third-order valence-corrected chi connectivity index (χ3v) is 2.93. The van der Waals surface area contributed by atoms with Gasteiger partial charge < -0.3 is 15.2 Å². The number of hydrogen-bond acceptors (Lipinski definition) is 3. The minimum Gasteiger partial charge on any atom is -0.486 e. The van der Waals surface area contributed by atoms with Crippen LogP contribution in [-0.2, 0) is 0 Å². The molecule has 0 amide bonds. The number of benzene rings is 1. The van der Waals surface area contributed by atoms with E-state index in [1.807, 2.05) is 0 Å². The molecule has 0 aliphatic heterocycles. The maximum Gasteiger partial charge on any atom is 0.190 e. The van der Waals surface area contributed by atoms with E-state index in [1.54, 1.807) is 6.92 Å². The van der Waals surface area contributed by atoms with E-state index in [1.165, 1.54) is 6.07 Å². The van der Waals surface area contributed by atoms with E-state index in [-0.39, 0.29) is 13.2 Å². The van der Waals surface area contributed by atoms with Crippen LogP contribution in [0.25, 0.3) is 0 Å². The van der Waals surface area contributed by atoms with Crippen molar-refractivity contribution in [2.24, 2.45) is 0 Å². The molecule has 0 spiro atoms. The van der Waals surface area contributed by atoms with E-state index in [4.69, 9.17) is 4.74 Å². The molecule has 1 atom stereocenters. The van der Waals surface area contributed by atoms with Crippen LogP contribution in [-0.4, -0.2) is 29.9 Å². The number of aliphatic hydroxyl groups excluding tert-OH is 1. The first-order chi connectivity index (χ1) is 8.54. The minimum absolute atomic E-state index is 0.0118. The lowest BCUT2D eigenvalue weighted by Gasteiger charge is -2.28. The fraction of sp³-hybridized carbons (Fsp3) is 0.538. The summed E-state index contributed by atoms with van der Waals surface area (Å²) in [5, 5.41) is 12.6. The van der Waals surface area contributed by atoms with Crippen LogP contribution in [0, 0.1) is 11.6 Å². The van der Waals surface area contributed by atoms with Gasteiger partial charge in [0.25, 0.3) is 0 Å². The Labute approximate surface area is 105 Å². The number of rotatable bonds is 6. The molecular weight excluding hydrogens is 240 g/mol. The van der Waals surface area contributed by atoms with Crippen LogP contribution in [0.1, 0.15) is 19.8 Å². The number of nitrogens with one attached hydrogen (secondary N) is 1. The van der Waals surface area contributed by atoms with E-state index in [2.05, 4.69) is 5.32 Å². The van der Waals surface area contributed by atoms with Gasteiger partial charge in [0, 0.05) is 6.04 Å². The van der Waals surface area contributed by atoms with E-state index in [0.717, 1.165) is 25.0 Å². The van der Waals surface area contributed by atoms with E-state index in [9.17, 15) is 13.9 Å². The number of ether oxygens (including phenoxy) is 1. The smallest absolute Gasteiger partial charge is 0.190 e. The number of para-hydroxylation sites is 1. The zero-order chi connectivity index (χ0) is 13.2. The van der Waals surface area contributed by atoms with Crippen molar-refractivity contribution in [1.29, 1.82) is 0 Å². The molecule has 2 rings (SSSR count). The molecule has 5 heteroatoms. The first kappa shape index (κ1) is 13.2. The SMILES string of the molecule is CC(CO)(COc1c(F)cccc1F)NC1CC1. The number of aliphatic hydroxyl groups is 1. The third kappa shape index (κ3) is 3.17. The molecule has 1 aliphatic rings. The summed E-state index contributed by atoms with van der Waals surface area (Å²) in [6.07, 6.45) is 2.12. The highest BCUT2D eigenvalue weighted by atomic mass is 19.1. The highest BCUT2D eigenvalue weighted by Crippen LogP contribution is 2.25. The van der Waals surface area contributed by atoms with Gasteiger partial charge in [-0.25, -0.2) is 8.78 Å². The molecule has 18 heavy (non-hydrogen) atoms. The summed E-state index contributed by atoms with van der Waals surface area (Å²) in [4.78, 5) is 0. The Bertz CT molecular complexity index is 403. The molecule has 0 bridgehead atoms. The predicted molar refractivity (Wildman–Crippen MR) is 63.5 cm³/mol. The number of halogens is 2. The molecule has 0 heterocycles. The molecule has 1 aromatic rings. The van der Waals surface area contributed by atoms with Gasteiger partial charge in [0.1, 0.15) is 6.61 Å². The molecule has 1 aliphatic carbocycles. The summed E-state index contributed by atoms with van der Waals surface area (Å²) in [7, 11) is 0. The third-order valence-electron chi connectivity index (χ3n) is 2.93. The molecular formula is C13H17F2NO2. The van der Waals surface area contributed by atoms with Crippen LogP contribution < -0.4 is 10.1 Å². The summed E-state index contributed by atoms with van der Waals surface area (Å²) in [5.74, 6) is -1.86. The molecule has 0 saturated heterocycles. The molecule has 0 aromatic heterocycles. The van der Waals surface area contributed by atoms with Gasteiger partial charge in [-0.05, 0) is 31.9 Å². The normalized spacial score (nSPS) is 18.4. The zero-order valence-corrected chi connectivity index (χ0v) is 10.2. The van der Waals surface area contributed by atoms with Gasteiger partial charge in [0.15, 0.2) is 17.4 Å². The van der Waals surface area contributed by atoms with Gasteiger partial charge in [0.2, 0.25) is 0 Å². The average Bonchev–Trinajstić information content (AvgIpc) is 3.12. The zero-order valence-electron chi connectivity index (χ0n) is 10.2. The van der Waals surface area contributed by atoms with Crippen molar-refractivity contribution < 1.29 is 18.6 Å². The Balaban J connectivity index is 2.00. The lowest BCUT2D eigenvalue weighted by molar-refractivity contribution is 0.109. The second-order valence-electron chi connectivity index (χ2n) is 4.98. The summed E-state index contributed by atoms with van der Waals surface area (Å²) in [5.41, 5.74) is -0.685. The molecule has 2 N–H and O–H groups in total. The average molecular weight is 257 g/mol. The van der Waals surface area contributed by atoms with E-state index in [0.29, 0.717) is 6.04 Å². The monoisotopic (exact) mass is 257 g/mol. The largest absolute Gasteiger partial charge is 0.486 e. The Morgan fingerprint density at radius 1 is 1.39 bits per heavy atom. The van der Waals surface area contributed by atoms with Crippen molar-refractivity contribution >= 4 is 0 Å². The maximum absolute atomic E-state index is 13.4. The van der Waals surface area contributed by atoms with Crippen molar-refractivity contribution in [2.45, 2.75) is 31.3 Å². The van der Waals surface area contributed by atoms with Gasteiger partial charge in [-0.2, -0.15) is 0 Å². The molecule has 0 radical (unpaired) electrons. The maximum atomic E-state index is 13.4. The highest BCUT2D eigenvalue weighted by Gasteiger charge is 2.33. The predicted octanol–water partition coefficient (Wildman–Crippen LogP) is 1.85. The summed E-state index contributed by atoms with van der Waals surface area (Å²) < 4.78 is 31.9. The number of hydrogen-bond donors (Lipinski definition) is 2. The van der Waals surface area contributed by atoms with Crippen LogP contribution in [0.4, 0.5) is 8.78 Å². The van der Waals surface area contributed by atoms with Crippen LogP contribution in [0.15, 0.2) is 18.2 Å². The Morgan fingerprint density at radius 2 is 2.00 bits per heavy atom. The minimum atomic E-state index is -0.735. The van der Waals surface area contributed by atoms with Gasteiger partial charge in [0.05, 0.1) is 12.1 Å². The second kappa shape index (κ2) is 5.20.